The summed E-state index contributed by atoms with van der Waals surface area (Å²) in [5, 5.41) is 12.3. The molecule has 0 aromatic heterocycles. The molecule has 2 aliphatic rings. The van der Waals surface area contributed by atoms with Gasteiger partial charge >= 0.3 is 0 Å². The lowest BCUT2D eigenvalue weighted by Gasteiger charge is -2.47. The largest absolute Gasteiger partial charge is 0.385 e. The first-order chi connectivity index (χ1) is 32.6. The third-order valence-corrected chi connectivity index (χ3v) is 11.7. The normalized spacial score (nSPS) is 25.4. The Morgan fingerprint density at radius 3 is 1.08 bits per heavy atom. The maximum absolute atomic E-state index is 12.3. The minimum atomic E-state index is -1.28. The lowest BCUT2D eigenvalue weighted by Crippen LogP contribution is -2.63. The van der Waals surface area contributed by atoms with Crippen molar-refractivity contribution in [1.82, 2.24) is 0 Å². The van der Waals surface area contributed by atoms with Crippen molar-refractivity contribution in [1.29, 1.82) is 0 Å². The van der Waals surface area contributed by atoms with Crippen molar-refractivity contribution in [2.24, 2.45) is 0 Å². The summed E-state index contributed by atoms with van der Waals surface area (Å²) in [7, 11) is 1.58. The van der Waals surface area contributed by atoms with Crippen LogP contribution in [0.1, 0.15) is 33.4 Å². The molecule has 6 aromatic rings. The van der Waals surface area contributed by atoms with Gasteiger partial charge < -0.3 is 52.5 Å². The highest BCUT2D eigenvalue weighted by atomic mass is 16.7. The Balaban J connectivity index is 1.07. The van der Waals surface area contributed by atoms with E-state index in [2.05, 4.69) is 0 Å². The minimum Gasteiger partial charge on any atom is -0.385 e. The van der Waals surface area contributed by atoms with Crippen molar-refractivity contribution in [3.8, 4) is 0 Å². The topological polar surface area (TPSA) is 113 Å². The van der Waals surface area contributed by atoms with E-state index < -0.39 is 61.4 Å². The molecule has 2 aliphatic heterocycles. The third-order valence-electron chi connectivity index (χ3n) is 11.7. The van der Waals surface area contributed by atoms with Gasteiger partial charge in [0.25, 0.3) is 0 Å². The minimum absolute atomic E-state index is 0.0732. The van der Waals surface area contributed by atoms with Crippen molar-refractivity contribution in [3.63, 3.8) is 0 Å². The van der Waals surface area contributed by atoms with Crippen LogP contribution >= 0.6 is 0 Å². The van der Waals surface area contributed by atoms with E-state index in [9.17, 15) is 5.11 Å². The Labute approximate surface area is 388 Å². The molecular weight excluding hydrogens is 837 g/mol. The number of aliphatic hydroxyl groups is 1. The van der Waals surface area contributed by atoms with Gasteiger partial charge in [-0.25, -0.2) is 0 Å². The average molecular weight is 897 g/mol. The predicted molar refractivity (Wildman–Crippen MR) is 247 cm³/mol. The summed E-state index contributed by atoms with van der Waals surface area (Å²) in [5.74, 6) is 0. The first-order valence-corrected chi connectivity index (χ1v) is 22.6. The molecule has 1 unspecified atom stereocenters. The molecule has 6 aromatic carbocycles. The van der Waals surface area contributed by atoms with Crippen LogP contribution in [0.25, 0.3) is 0 Å². The summed E-state index contributed by atoms with van der Waals surface area (Å²) >= 11 is 0. The summed E-state index contributed by atoms with van der Waals surface area (Å²) in [6.45, 7) is 1.74. The van der Waals surface area contributed by atoms with Crippen molar-refractivity contribution in [2.45, 2.75) is 101 Å². The molecule has 0 aliphatic carbocycles. The van der Waals surface area contributed by atoms with Gasteiger partial charge in [-0.15, -0.1) is 0 Å². The highest BCUT2D eigenvalue weighted by Gasteiger charge is 2.51. The van der Waals surface area contributed by atoms with Crippen molar-refractivity contribution in [3.05, 3.63) is 215 Å². The summed E-state index contributed by atoms with van der Waals surface area (Å²) in [5.41, 5.74) is 5.87. The van der Waals surface area contributed by atoms with Crippen LogP contribution in [0, 0.1) is 0 Å². The standard InChI is InChI=1S/C55H60O11/c1-57-55-53(63-37-45-30-18-7-19-31-45)52(62-36-44-28-16-6-17-29-44)50(60-34-42-24-12-4-13-25-42)47(66-55)39-64-54-48(56)51(61-35-43-26-14-5-15-27-43)49(59-33-41-22-10-3-11-23-41)46(65-54)38-58-32-40-20-8-2-9-21-40/h2-31,46-56H,32-39H2,1H3/t46-,47-,48-,49-,50-,51-,52+,53-,54?,55+/m1/s1. The number of methoxy groups -OCH3 is 1. The summed E-state index contributed by atoms with van der Waals surface area (Å²) in [6.07, 6.45) is -8.50. The highest BCUT2D eigenvalue weighted by Crippen LogP contribution is 2.34. The Hall–Kier alpha value is -5.12. The molecule has 0 saturated carbocycles. The van der Waals surface area contributed by atoms with E-state index in [0.29, 0.717) is 13.2 Å². The number of aliphatic hydroxyl groups excluding tert-OH is 1. The van der Waals surface area contributed by atoms with Gasteiger partial charge in [-0.3, -0.25) is 0 Å². The van der Waals surface area contributed by atoms with Crippen LogP contribution in [0.2, 0.25) is 0 Å². The molecule has 346 valence electrons. The zero-order valence-corrected chi connectivity index (χ0v) is 37.3. The lowest BCUT2D eigenvalue weighted by atomic mass is 9.97. The molecule has 0 amide bonds. The van der Waals surface area contributed by atoms with Crippen LogP contribution < -0.4 is 0 Å². The maximum atomic E-state index is 12.3. The number of hydrogen-bond acceptors (Lipinski definition) is 11. The van der Waals surface area contributed by atoms with Gasteiger partial charge in [0.05, 0.1) is 52.9 Å². The van der Waals surface area contributed by atoms with Gasteiger partial charge in [0.15, 0.2) is 12.6 Å². The molecule has 11 nitrogen and oxygen atoms in total. The van der Waals surface area contributed by atoms with Gasteiger partial charge in [-0.1, -0.05) is 182 Å². The second-order valence-electron chi connectivity index (χ2n) is 16.5. The van der Waals surface area contributed by atoms with E-state index in [0.717, 1.165) is 33.4 Å². The van der Waals surface area contributed by atoms with Crippen molar-refractivity contribution < 1.29 is 52.5 Å². The average Bonchev–Trinajstić information content (AvgIpc) is 3.37. The summed E-state index contributed by atoms with van der Waals surface area (Å²) < 4.78 is 65.9. The molecular formula is C55H60O11. The second kappa shape index (κ2) is 25.1. The molecule has 0 bridgehead atoms. The Kier molecular flexibility index (Phi) is 18.0. The molecule has 8 rings (SSSR count). The van der Waals surface area contributed by atoms with Crippen LogP contribution in [0.3, 0.4) is 0 Å². The quantitative estimate of drug-likeness (QED) is 0.0668. The molecule has 10 atom stereocenters. The predicted octanol–water partition coefficient (Wildman–Crippen LogP) is 8.60. The van der Waals surface area contributed by atoms with E-state index in [1.807, 2.05) is 182 Å². The van der Waals surface area contributed by atoms with Crippen LogP contribution in [0.5, 0.6) is 0 Å². The number of hydrogen-bond donors (Lipinski definition) is 1. The van der Waals surface area contributed by atoms with Crippen LogP contribution in [-0.4, -0.2) is 86.8 Å². The fourth-order valence-corrected chi connectivity index (χ4v) is 8.22. The van der Waals surface area contributed by atoms with Gasteiger partial charge in [0, 0.05) is 7.11 Å². The summed E-state index contributed by atoms with van der Waals surface area (Å²) in [6, 6.07) is 59.5. The molecule has 66 heavy (non-hydrogen) atoms. The van der Waals surface area contributed by atoms with E-state index >= 15 is 0 Å². The molecule has 1 N–H and O–H groups in total. The Morgan fingerprint density at radius 2 is 0.667 bits per heavy atom. The first-order valence-electron chi connectivity index (χ1n) is 22.6. The Morgan fingerprint density at radius 1 is 0.348 bits per heavy atom. The summed E-state index contributed by atoms with van der Waals surface area (Å²) in [4.78, 5) is 0. The second-order valence-corrected chi connectivity index (χ2v) is 16.5. The first kappa shape index (κ1) is 47.4. The molecule has 2 saturated heterocycles. The number of benzene rings is 6. The van der Waals surface area contributed by atoms with Crippen molar-refractivity contribution >= 4 is 0 Å². The van der Waals surface area contributed by atoms with E-state index in [-0.39, 0.29) is 39.6 Å². The molecule has 11 heteroatoms. The fraction of sp³-hybridized carbons (Fsp3) is 0.345. The lowest BCUT2D eigenvalue weighted by molar-refractivity contribution is -0.346. The van der Waals surface area contributed by atoms with E-state index in [1.165, 1.54) is 0 Å². The van der Waals surface area contributed by atoms with Gasteiger partial charge in [-0.2, -0.15) is 0 Å². The monoisotopic (exact) mass is 896 g/mol. The molecule has 2 heterocycles. The van der Waals surface area contributed by atoms with Gasteiger partial charge in [0.2, 0.25) is 0 Å². The Bertz CT molecular complexity index is 2220. The SMILES string of the molecule is CO[C@H]1O[C@H](COC2O[C@H](COCc3ccccc3)[C@@H](OCc3ccccc3)[C@H](OCc3ccccc3)[C@H]2O)[C@@H](OCc2ccccc2)[C@H](OCc2ccccc2)[C@H]1OCc1ccccc1. The van der Waals surface area contributed by atoms with Crippen LogP contribution in [0.4, 0.5) is 0 Å². The fourth-order valence-electron chi connectivity index (χ4n) is 8.22. The highest BCUT2D eigenvalue weighted by molar-refractivity contribution is 5.18. The van der Waals surface area contributed by atoms with Gasteiger partial charge in [0.1, 0.15) is 48.8 Å². The number of ether oxygens (including phenoxy) is 10. The molecule has 2 fully saturated rings. The van der Waals surface area contributed by atoms with Crippen molar-refractivity contribution in [2.75, 3.05) is 20.3 Å². The zero-order chi connectivity index (χ0) is 45.2. The maximum Gasteiger partial charge on any atom is 0.186 e. The smallest absolute Gasteiger partial charge is 0.186 e. The third kappa shape index (κ3) is 13.5. The zero-order valence-electron chi connectivity index (χ0n) is 37.3. The molecule has 0 spiro atoms. The van der Waals surface area contributed by atoms with Crippen LogP contribution in [0.15, 0.2) is 182 Å². The molecule has 0 radical (unpaired) electrons. The van der Waals surface area contributed by atoms with Gasteiger partial charge in [-0.05, 0) is 33.4 Å². The van der Waals surface area contributed by atoms with E-state index in [1.54, 1.807) is 7.11 Å². The van der Waals surface area contributed by atoms with E-state index in [4.69, 9.17) is 47.4 Å². The van der Waals surface area contributed by atoms with Crippen LogP contribution in [-0.2, 0) is 87.0 Å². The number of rotatable bonds is 23.